The van der Waals surface area contributed by atoms with Crippen LogP contribution in [0.4, 0.5) is 5.95 Å². The van der Waals surface area contributed by atoms with Crippen LogP contribution in [0.1, 0.15) is 17.5 Å². The van der Waals surface area contributed by atoms with Crippen molar-refractivity contribution in [3.63, 3.8) is 0 Å². The molecule has 0 aliphatic carbocycles. The van der Waals surface area contributed by atoms with Crippen LogP contribution in [0.15, 0.2) is 30.6 Å². The Morgan fingerprint density at radius 3 is 2.77 bits per heavy atom. The fourth-order valence-electron chi connectivity index (χ4n) is 2.58. The van der Waals surface area contributed by atoms with Crippen LogP contribution in [0, 0.1) is 6.92 Å². The number of anilines is 1. The van der Waals surface area contributed by atoms with E-state index in [-0.39, 0.29) is 0 Å². The molecule has 0 amide bonds. The number of aryl methyl sites for hydroxylation is 1. The summed E-state index contributed by atoms with van der Waals surface area (Å²) in [7, 11) is 0. The van der Waals surface area contributed by atoms with Gasteiger partial charge in [-0.1, -0.05) is 29.3 Å². The third-order valence-electron chi connectivity index (χ3n) is 3.83. The first kappa shape index (κ1) is 15.5. The summed E-state index contributed by atoms with van der Waals surface area (Å²) in [6, 6.07) is 6.02. The largest absolute Gasteiger partial charge is 0.339 e. The Bertz CT molecular complexity index is 645. The number of rotatable bonds is 4. The van der Waals surface area contributed by atoms with Gasteiger partial charge in [0.25, 0.3) is 0 Å². The maximum atomic E-state index is 6.20. The number of halogens is 2. The highest BCUT2D eigenvalue weighted by molar-refractivity contribution is 6.35. The van der Waals surface area contributed by atoms with E-state index >= 15 is 0 Å². The van der Waals surface area contributed by atoms with E-state index in [1.807, 2.05) is 31.5 Å². The lowest BCUT2D eigenvalue weighted by molar-refractivity contribution is 0.551. The molecule has 0 spiro atoms. The SMILES string of the molecule is Cc1cnc(N2CCC(NCc3ccc(Cl)cc3Cl)C2)nc1. The van der Waals surface area contributed by atoms with Crippen molar-refractivity contribution in [3.8, 4) is 0 Å². The summed E-state index contributed by atoms with van der Waals surface area (Å²) in [6.45, 7) is 4.61. The summed E-state index contributed by atoms with van der Waals surface area (Å²) in [6.07, 6.45) is 4.79. The molecule has 6 heteroatoms. The summed E-state index contributed by atoms with van der Waals surface area (Å²) >= 11 is 12.1. The van der Waals surface area contributed by atoms with Crippen molar-refractivity contribution in [2.75, 3.05) is 18.0 Å². The van der Waals surface area contributed by atoms with Gasteiger partial charge in [-0.2, -0.15) is 0 Å². The topological polar surface area (TPSA) is 41.1 Å². The Labute approximate surface area is 140 Å². The van der Waals surface area contributed by atoms with E-state index in [1.165, 1.54) is 0 Å². The summed E-state index contributed by atoms with van der Waals surface area (Å²) in [5.41, 5.74) is 2.14. The first-order chi connectivity index (χ1) is 10.6. The molecule has 2 aromatic rings. The lowest BCUT2D eigenvalue weighted by Gasteiger charge is -2.17. The Morgan fingerprint density at radius 1 is 1.27 bits per heavy atom. The minimum atomic E-state index is 0.414. The highest BCUT2D eigenvalue weighted by Crippen LogP contribution is 2.22. The average molecular weight is 337 g/mol. The van der Waals surface area contributed by atoms with Crippen LogP contribution in [0.25, 0.3) is 0 Å². The third kappa shape index (κ3) is 3.69. The van der Waals surface area contributed by atoms with Gasteiger partial charge in [0, 0.05) is 48.1 Å². The standard InChI is InChI=1S/C16H18Cl2N4/c1-11-7-20-16(21-8-11)22-5-4-14(10-22)19-9-12-2-3-13(17)6-15(12)18/h2-3,6-8,14,19H,4-5,9-10H2,1H3. The van der Waals surface area contributed by atoms with E-state index in [2.05, 4.69) is 20.2 Å². The summed E-state index contributed by atoms with van der Waals surface area (Å²) in [4.78, 5) is 11.0. The van der Waals surface area contributed by atoms with E-state index in [1.54, 1.807) is 6.07 Å². The Morgan fingerprint density at radius 2 is 2.05 bits per heavy atom. The van der Waals surface area contributed by atoms with E-state index in [4.69, 9.17) is 23.2 Å². The second kappa shape index (κ2) is 6.82. The highest BCUT2D eigenvalue weighted by Gasteiger charge is 2.23. The van der Waals surface area contributed by atoms with E-state index in [9.17, 15) is 0 Å². The van der Waals surface area contributed by atoms with Crippen LogP contribution in [0.2, 0.25) is 10.0 Å². The minimum absolute atomic E-state index is 0.414. The van der Waals surface area contributed by atoms with Crippen molar-refractivity contribution in [1.29, 1.82) is 0 Å². The zero-order chi connectivity index (χ0) is 15.5. The predicted octanol–water partition coefficient (Wildman–Crippen LogP) is 3.46. The normalized spacial score (nSPS) is 18.0. The zero-order valence-corrected chi connectivity index (χ0v) is 13.9. The smallest absolute Gasteiger partial charge is 0.225 e. The molecule has 1 aliphatic heterocycles. The number of hydrogen-bond acceptors (Lipinski definition) is 4. The molecule has 0 radical (unpaired) electrons. The molecule has 2 heterocycles. The second-order valence-corrected chi connectivity index (χ2v) is 6.45. The molecular formula is C16H18Cl2N4. The van der Waals surface area contributed by atoms with Gasteiger partial charge in [0.15, 0.2) is 0 Å². The number of nitrogens with zero attached hydrogens (tertiary/aromatic N) is 3. The average Bonchev–Trinajstić information content (AvgIpc) is 2.96. The summed E-state index contributed by atoms with van der Waals surface area (Å²) < 4.78 is 0. The maximum Gasteiger partial charge on any atom is 0.225 e. The minimum Gasteiger partial charge on any atom is -0.339 e. The van der Waals surface area contributed by atoms with E-state index in [0.29, 0.717) is 16.1 Å². The van der Waals surface area contributed by atoms with Gasteiger partial charge in [0.2, 0.25) is 5.95 Å². The lowest BCUT2D eigenvalue weighted by atomic mass is 10.2. The first-order valence-corrected chi connectivity index (χ1v) is 8.08. The van der Waals surface area contributed by atoms with Gasteiger partial charge in [-0.3, -0.25) is 0 Å². The molecule has 1 N–H and O–H groups in total. The molecule has 1 aromatic carbocycles. The van der Waals surface area contributed by atoms with Crippen LogP contribution in [-0.2, 0) is 6.54 Å². The van der Waals surface area contributed by atoms with Crippen LogP contribution in [-0.4, -0.2) is 29.1 Å². The number of aromatic nitrogens is 2. The number of nitrogens with one attached hydrogen (secondary N) is 1. The number of hydrogen-bond donors (Lipinski definition) is 1. The van der Waals surface area contributed by atoms with Crippen molar-refractivity contribution in [2.24, 2.45) is 0 Å². The van der Waals surface area contributed by atoms with Gasteiger partial charge in [-0.15, -0.1) is 0 Å². The molecule has 1 atom stereocenters. The Kier molecular flexibility index (Phi) is 4.81. The maximum absolute atomic E-state index is 6.20. The third-order valence-corrected chi connectivity index (χ3v) is 4.42. The molecule has 1 fully saturated rings. The van der Waals surface area contributed by atoms with E-state index < -0.39 is 0 Å². The fourth-order valence-corrected chi connectivity index (χ4v) is 3.05. The van der Waals surface area contributed by atoms with Crippen LogP contribution < -0.4 is 10.2 Å². The van der Waals surface area contributed by atoms with E-state index in [0.717, 1.165) is 43.1 Å². The van der Waals surface area contributed by atoms with Crippen molar-refractivity contribution in [1.82, 2.24) is 15.3 Å². The lowest BCUT2D eigenvalue weighted by Crippen LogP contribution is -2.32. The number of benzene rings is 1. The van der Waals surface area contributed by atoms with Gasteiger partial charge < -0.3 is 10.2 Å². The van der Waals surface area contributed by atoms with Gasteiger partial charge >= 0.3 is 0 Å². The van der Waals surface area contributed by atoms with Crippen LogP contribution in [0.5, 0.6) is 0 Å². The molecule has 0 bridgehead atoms. The van der Waals surface area contributed by atoms with Gasteiger partial charge in [0.1, 0.15) is 0 Å². The Hall–Kier alpha value is -1.36. The predicted molar refractivity (Wildman–Crippen MR) is 90.7 cm³/mol. The van der Waals surface area contributed by atoms with Crippen LogP contribution >= 0.6 is 23.2 Å². The van der Waals surface area contributed by atoms with Crippen molar-refractivity contribution < 1.29 is 0 Å². The van der Waals surface area contributed by atoms with Gasteiger partial charge in [-0.25, -0.2) is 9.97 Å². The zero-order valence-electron chi connectivity index (χ0n) is 12.4. The quantitative estimate of drug-likeness (QED) is 0.928. The van der Waals surface area contributed by atoms with Crippen molar-refractivity contribution >= 4 is 29.2 Å². The molecule has 4 nitrogen and oxygen atoms in total. The highest BCUT2D eigenvalue weighted by atomic mass is 35.5. The second-order valence-electron chi connectivity index (χ2n) is 5.61. The molecule has 1 aromatic heterocycles. The van der Waals surface area contributed by atoms with Gasteiger partial charge in [-0.05, 0) is 36.6 Å². The van der Waals surface area contributed by atoms with Crippen LogP contribution in [0.3, 0.4) is 0 Å². The molecule has 3 rings (SSSR count). The molecule has 1 unspecified atom stereocenters. The van der Waals surface area contributed by atoms with Crippen molar-refractivity contribution in [3.05, 3.63) is 51.8 Å². The molecule has 1 saturated heterocycles. The first-order valence-electron chi connectivity index (χ1n) is 7.33. The van der Waals surface area contributed by atoms with Gasteiger partial charge in [0.05, 0.1) is 0 Å². The fraction of sp³-hybridized carbons (Fsp3) is 0.375. The van der Waals surface area contributed by atoms with Crippen molar-refractivity contribution in [2.45, 2.75) is 25.9 Å². The molecule has 22 heavy (non-hydrogen) atoms. The summed E-state index contributed by atoms with van der Waals surface area (Å²) in [5, 5.41) is 4.91. The Balaban J connectivity index is 1.56. The molecule has 116 valence electrons. The molecule has 1 aliphatic rings. The summed E-state index contributed by atoms with van der Waals surface area (Å²) in [5.74, 6) is 0.805. The monoisotopic (exact) mass is 336 g/mol. The molecular weight excluding hydrogens is 319 g/mol. The molecule has 0 saturated carbocycles.